The average molecular weight is 396 g/mol. The maximum Gasteiger partial charge on any atom is 0.163 e. The maximum atomic E-state index is 13.5. The minimum Gasteiger partial charge on any atom is -0.372 e. The molecule has 1 aromatic heterocycles. The van der Waals surface area contributed by atoms with Crippen LogP contribution in [0.15, 0.2) is 84.3 Å². The quantitative estimate of drug-likeness (QED) is 0.604. The fourth-order valence-electron chi connectivity index (χ4n) is 4.56. The Morgan fingerprint density at radius 1 is 0.900 bits per heavy atom. The van der Waals surface area contributed by atoms with Crippen LogP contribution < -0.4 is 10.6 Å². The smallest absolute Gasteiger partial charge is 0.163 e. The molecule has 0 saturated heterocycles. The summed E-state index contributed by atoms with van der Waals surface area (Å²) in [6, 6.07) is 20.7. The van der Waals surface area contributed by atoms with Crippen molar-refractivity contribution in [3.8, 4) is 0 Å². The molecule has 4 nitrogen and oxygen atoms in total. The van der Waals surface area contributed by atoms with Gasteiger partial charge in [-0.05, 0) is 59.7 Å². The van der Waals surface area contributed by atoms with Crippen LogP contribution in [0.1, 0.15) is 48.4 Å². The molecular weight excluding hydrogens is 370 g/mol. The molecule has 0 bridgehead atoms. The summed E-state index contributed by atoms with van der Waals surface area (Å²) in [7, 11) is 0. The second-order valence-electron chi connectivity index (χ2n) is 8.04. The second kappa shape index (κ2) is 7.79. The molecule has 2 aliphatic rings. The molecule has 0 spiro atoms. The Bertz CT molecular complexity index is 1100. The van der Waals surface area contributed by atoms with Gasteiger partial charge in [0.15, 0.2) is 5.78 Å². The van der Waals surface area contributed by atoms with E-state index in [1.165, 1.54) is 11.1 Å². The molecule has 2 unspecified atom stereocenters. The Hall–Kier alpha value is -3.40. The van der Waals surface area contributed by atoms with E-state index in [4.69, 9.17) is 0 Å². The molecule has 150 valence electrons. The zero-order valence-electron chi connectivity index (χ0n) is 17.1. The number of aryl methyl sites for hydroxylation is 1. The lowest BCUT2D eigenvalue weighted by atomic mass is 9.78. The molecule has 0 amide bonds. The van der Waals surface area contributed by atoms with Crippen LogP contribution in [-0.4, -0.2) is 10.8 Å². The number of hydrogen-bond acceptors (Lipinski definition) is 4. The molecule has 2 atom stereocenters. The van der Waals surface area contributed by atoms with Crippen LogP contribution in [0.2, 0.25) is 0 Å². The molecule has 0 fully saturated rings. The van der Waals surface area contributed by atoms with Crippen molar-refractivity contribution in [3.63, 3.8) is 0 Å². The third-order valence-corrected chi connectivity index (χ3v) is 6.21. The SMILES string of the molecule is CCc1ccc(C2CC(=O)C3=C(C2)Nc2ccccc2NC3c2ccncc2)cc1. The summed E-state index contributed by atoms with van der Waals surface area (Å²) in [6.07, 6.45) is 5.95. The van der Waals surface area contributed by atoms with Crippen LogP contribution in [0.3, 0.4) is 0 Å². The lowest BCUT2D eigenvalue weighted by Gasteiger charge is -2.30. The van der Waals surface area contributed by atoms with Crippen molar-refractivity contribution in [3.05, 3.63) is 101 Å². The molecule has 0 saturated carbocycles. The summed E-state index contributed by atoms with van der Waals surface area (Å²) in [5.41, 5.74) is 7.50. The first-order valence-corrected chi connectivity index (χ1v) is 10.6. The zero-order valence-corrected chi connectivity index (χ0v) is 17.1. The first kappa shape index (κ1) is 18.6. The first-order valence-electron chi connectivity index (χ1n) is 10.6. The van der Waals surface area contributed by atoms with Crippen molar-refractivity contribution in [2.45, 2.75) is 38.1 Å². The fraction of sp³-hybridized carbons (Fsp3) is 0.231. The van der Waals surface area contributed by atoms with E-state index < -0.39 is 0 Å². The van der Waals surface area contributed by atoms with Gasteiger partial charge < -0.3 is 10.6 Å². The molecular formula is C26H25N3O. The van der Waals surface area contributed by atoms with Crippen LogP contribution in [-0.2, 0) is 11.2 Å². The number of carbonyl (C=O) groups is 1. The molecule has 2 aromatic carbocycles. The number of pyridine rings is 1. The summed E-state index contributed by atoms with van der Waals surface area (Å²) < 4.78 is 0. The van der Waals surface area contributed by atoms with Gasteiger partial charge in [-0.1, -0.05) is 43.3 Å². The lowest BCUT2D eigenvalue weighted by molar-refractivity contribution is -0.116. The third kappa shape index (κ3) is 3.39. The number of carbonyl (C=O) groups excluding carboxylic acids is 1. The summed E-state index contributed by atoms with van der Waals surface area (Å²) >= 11 is 0. The molecule has 30 heavy (non-hydrogen) atoms. The number of aromatic nitrogens is 1. The highest BCUT2D eigenvalue weighted by molar-refractivity contribution is 6.01. The Morgan fingerprint density at radius 2 is 1.63 bits per heavy atom. The molecule has 0 radical (unpaired) electrons. The molecule has 1 aliphatic carbocycles. The number of allylic oxidation sites excluding steroid dienone is 1. The van der Waals surface area contributed by atoms with Crippen molar-refractivity contribution in [1.82, 2.24) is 4.98 Å². The number of ketones is 1. The second-order valence-corrected chi connectivity index (χ2v) is 8.04. The van der Waals surface area contributed by atoms with Crippen molar-refractivity contribution >= 4 is 17.2 Å². The Balaban J connectivity index is 1.57. The summed E-state index contributed by atoms with van der Waals surface area (Å²) in [5.74, 6) is 0.397. The van der Waals surface area contributed by atoms with Crippen molar-refractivity contribution < 1.29 is 4.79 Å². The summed E-state index contributed by atoms with van der Waals surface area (Å²) in [5, 5.41) is 7.20. The van der Waals surface area contributed by atoms with Gasteiger partial charge in [0.05, 0.1) is 17.4 Å². The van der Waals surface area contributed by atoms with E-state index in [1.807, 2.05) is 24.3 Å². The minimum atomic E-state index is -0.185. The zero-order chi connectivity index (χ0) is 20.5. The van der Waals surface area contributed by atoms with Gasteiger partial charge in [-0.25, -0.2) is 0 Å². The van der Waals surface area contributed by atoms with E-state index in [-0.39, 0.29) is 17.7 Å². The van der Waals surface area contributed by atoms with Crippen molar-refractivity contribution in [2.24, 2.45) is 0 Å². The number of nitrogens with zero attached hydrogens (tertiary/aromatic N) is 1. The van der Waals surface area contributed by atoms with Gasteiger partial charge in [0.2, 0.25) is 0 Å². The highest BCUT2D eigenvalue weighted by atomic mass is 16.1. The van der Waals surface area contributed by atoms with Gasteiger partial charge >= 0.3 is 0 Å². The molecule has 1 aliphatic heterocycles. The van der Waals surface area contributed by atoms with Crippen molar-refractivity contribution in [2.75, 3.05) is 10.6 Å². The van der Waals surface area contributed by atoms with Gasteiger partial charge in [-0.15, -0.1) is 0 Å². The highest BCUT2D eigenvalue weighted by Crippen LogP contribution is 2.44. The number of Topliss-reactive ketones (excluding diaryl/α,β-unsaturated/α-hetero) is 1. The number of rotatable bonds is 3. The van der Waals surface area contributed by atoms with E-state index in [9.17, 15) is 4.79 Å². The third-order valence-electron chi connectivity index (χ3n) is 6.21. The number of fused-ring (bicyclic) bond motifs is 1. The predicted octanol–water partition coefficient (Wildman–Crippen LogP) is 5.62. The minimum absolute atomic E-state index is 0.185. The normalized spacial score (nSPS) is 20.5. The number of para-hydroxylation sites is 2. The maximum absolute atomic E-state index is 13.5. The van der Waals surface area contributed by atoms with E-state index in [1.54, 1.807) is 12.4 Å². The van der Waals surface area contributed by atoms with Gasteiger partial charge in [-0.3, -0.25) is 9.78 Å². The molecule has 5 rings (SSSR count). The average Bonchev–Trinajstić information content (AvgIpc) is 2.96. The summed E-state index contributed by atoms with van der Waals surface area (Å²) in [6.45, 7) is 2.16. The van der Waals surface area contributed by atoms with Crippen LogP contribution >= 0.6 is 0 Å². The largest absolute Gasteiger partial charge is 0.372 e. The van der Waals surface area contributed by atoms with Crippen LogP contribution in [0.4, 0.5) is 11.4 Å². The lowest BCUT2D eigenvalue weighted by Crippen LogP contribution is -2.26. The monoisotopic (exact) mass is 395 g/mol. The Labute approximate surface area is 177 Å². The van der Waals surface area contributed by atoms with Gasteiger partial charge in [-0.2, -0.15) is 0 Å². The standard InChI is InChI=1S/C26H25N3O/c1-2-17-7-9-18(10-8-17)20-15-23-25(24(30)16-20)26(19-11-13-27-14-12-19)29-22-6-4-3-5-21(22)28-23/h3-14,20,26,28-29H,2,15-16H2,1H3. The molecule has 4 heteroatoms. The van der Waals surface area contributed by atoms with E-state index in [2.05, 4.69) is 58.9 Å². The highest BCUT2D eigenvalue weighted by Gasteiger charge is 2.35. The molecule has 3 aromatic rings. The van der Waals surface area contributed by atoms with Gasteiger partial charge in [0.1, 0.15) is 0 Å². The van der Waals surface area contributed by atoms with Crippen molar-refractivity contribution in [1.29, 1.82) is 0 Å². The first-order chi connectivity index (χ1) is 14.7. The van der Waals surface area contributed by atoms with E-state index >= 15 is 0 Å². The Morgan fingerprint density at radius 3 is 2.37 bits per heavy atom. The van der Waals surface area contributed by atoms with E-state index in [0.29, 0.717) is 6.42 Å². The number of nitrogens with one attached hydrogen (secondary N) is 2. The summed E-state index contributed by atoms with van der Waals surface area (Å²) in [4.78, 5) is 17.6. The van der Waals surface area contributed by atoms with Crippen LogP contribution in [0, 0.1) is 0 Å². The fourth-order valence-corrected chi connectivity index (χ4v) is 4.56. The topological polar surface area (TPSA) is 54.0 Å². The Kier molecular flexibility index (Phi) is 4.83. The predicted molar refractivity (Wildman–Crippen MR) is 120 cm³/mol. The molecule has 2 heterocycles. The van der Waals surface area contributed by atoms with E-state index in [0.717, 1.165) is 41.1 Å². The number of hydrogen-bond donors (Lipinski definition) is 2. The van der Waals surface area contributed by atoms with Crippen LogP contribution in [0.25, 0.3) is 0 Å². The molecule has 2 N–H and O–H groups in total. The number of benzene rings is 2. The van der Waals surface area contributed by atoms with Gasteiger partial charge in [0.25, 0.3) is 0 Å². The van der Waals surface area contributed by atoms with Gasteiger partial charge in [0, 0.05) is 30.1 Å². The number of anilines is 2. The van der Waals surface area contributed by atoms with Crippen LogP contribution in [0.5, 0.6) is 0 Å².